The highest BCUT2D eigenvalue weighted by atomic mass is 32.2. The van der Waals surface area contributed by atoms with Crippen molar-refractivity contribution in [3.63, 3.8) is 0 Å². The summed E-state index contributed by atoms with van der Waals surface area (Å²) < 4.78 is 38.2. The molecule has 0 spiro atoms. The fourth-order valence-electron chi connectivity index (χ4n) is 3.84. The fourth-order valence-corrected chi connectivity index (χ4v) is 5.27. The number of carbonyl (C=O) groups excluding carboxylic acids is 1. The van der Waals surface area contributed by atoms with Crippen LogP contribution in [0, 0.1) is 0 Å². The van der Waals surface area contributed by atoms with Crippen molar-refractivity contribution in [3.8, 4) is 5.75 Å². The van der Waals surface area contributed by atoms with E-state index >= 15 is 0 Å². The molecular weight excluding hydrogens is 428 g/mol. The van der Waals surface area contributed by atoms with Crippen LogP contribution < -0.4 is 10.1 Å². The lowest BCUT2D eigenvalue weighted by Crippen LogP contribution is -2.40. The number of ether oxygens (including phenoxy) is 2. The van der Waals surface area contributed by atoms with Crippen LogP contribution in [0.15, 0.2) is 41.3 Å². The number of methoxy groups -OCH3 is 1. The molecule has 0 aromatic heterocycles. The lowest BCUT2D eigenvalue weighted by Gasteiger charge is -2.26. The molecule has 1 amide bonds. The molecule has 1 heterocycles. The summed E-state index contributed by atoms with van der Waals surface area (Å²) in [6, 6.07) is 10.4. The number of para-hydroxylation sites is 1. The zero-order valence-electron chi connectivity index (χ0n) is 19.3. The van der Waals surface area contributed by atoms with Gasteiger partial charge in [-0.2, -0.15) is 4.31 Å². The van der Waals surface area contributed by atoms with Crippen LogP contribution in [0.2, 0.25) is 0 Å². The van der Waals surface area contributed by atoms with Gasteiger partial charge in [0.15, 0.2) is 0 Å². The Hall–Kier alpha value is -2.42. The summed E-state index contributed by atoms with van der Waals surface area (Å²) in [6.07, 6.45) is 0. The van der Waals surface area contributed by atoms with Crippen molar-refractivity contribution in [2.24, 2.45) is 0 Å². The second-order valence-electron chi connectivity index (χ2n) is 8.45. The van der Waals surface area contributed by atoms with Crippen molar-refractivity contribution in [2.45, 2.75) is 44.4 Å². The van der Waals surface area contributed by atoms with Crippen LogP contribution in [0.5, 0.6) is 5.75 Å². The molecule has 2 aromatic rings. The predicted octanol–water partition coefficient (Wildman–Crippen LogP) is 4.22. The van der Waals surface area contributed by atoms with Crippen LogP contribution >= 0.6 is 0 Å². The molecule has 0 unspecified atom stereocenters. The molecule has 7 nitrogen and oxygen atoms in total. The topological polar surface area (TPSA) is 84.9 Å². The highest BCUT2D eigenvalue weighted by Crippen LogP contribution is 2.34. The number of anilines is 1. The van der Waals surface area contributed by atoms with E-state index in [0.717, 1.165) is 16.8 Å². The molecule has 0 bridgehead atoms. The molecule has 1 aliphatic heterocycles. The molecule has 1 aliphatic rings. The Kier molecular flexibility index (Phi) is 7.59. The van der Waals surface area contributed by atoms with Crippen LogP contribution in [0.4, 0.5) is 5.69 Å². The van der Waals surface area contributed by atoms with Crippen LogP contribution in [0.1, 0.15) is 61.0 Å². The lowest BCUT2D eigenvalue weighted by molar-refractivity contribution is 0.0730. The standard InChI is InChI=1S/C24H32N2O5S/c1-16(2)19-7-6-8-20(17(3)4)23(19)25-24(27)21-15-18(9-10-22(21)30-5)32(28,29)26-11-13-31-14-12-26/h6-10,15-17H,11-14H2,1-5H3,(H,25,27). The summed E-state index contributed by atoms with van der Waals surface area (Å²) in [5.74, 6) is 0.324. The molecule has 1 fully saturated rings. The lowest BCUT2D eigenvalue weighted by atomic mass is 9.92. The molecule has 2 aromatic carbocycles. The molecule has 0 radical (unpaired) electrons. The Morgan fingerprint density at radius 1 is 1.03 bits per heavy atom. The van der Waals surface area contributed by atoms with E-state index in [1.807, 2.05) is 18.2 Å². The second kappa shape index (κ2) is 10.0. The third-order valence-electron chi connectivity index (χ3n) is 5.63. The Morgan fingerprint density at radius 2 is 1.62 bits per heavy atom. The monoisotopic (exact) mass is 460 g/mol. The minimum atomic E-state index is -3.74. The van der Waals surface area contributed by atoms with E-state index in [2.05, 4.69) is 33.0 Å². The number of morpholine rings is 1. The molecule has 0 atom stereocenters. The molecule has 0 aliphatic carbocycles. The molecular formula is C24H32N2O5S. The van der Waals surface area contributed by atoms with Crippen molar-refractivity contribution >= 4 is 21.6 Å². The number of benzene rings is 2. The number of rotatable bonds is 7. The van der Waals surface area contributed by atoms with Gasteiger partial charge in [-0.05, 0) is 41.2 Å². The van der Waals surface area contributed by atoms with E-state index in [4.69, 9.17) is 9.47 Å². The summed E-state index contributed by atoms with van der Waals surface area (Å²) in [5.41, 5.74) is 3.00. The summed E-state index contributed by atoms with van der Waals surface area (Å²) in [6.45, 7) is 9.58. The first-order chi connectivity index (χ1) is 15.2. The summed E-state index contributed by atoms with van der Waals surface area (Å²) in [7, 11) is -2.28. The number of hydrogen-bond acceptors (Lipinski definition) is 5. The number of nitrogens with one attached hydrogen (secondary N) is 1. The first kappa shape index (κ1) is 24.2. The Balaban J connectivity index is 2.01. The predicted molar refractivity (Wildman–Crippen MR) is 125 cm³/mol. The van der Waals surface area contributed by atoms with E-state index < -0.39 is 15.9 Å². The van der Waals surface area contributed by atoms with Gasteiger partial charge in [-0.15, -0.1) is 0 Å². The summed E-state index contributed by atoms with van der Waals surface area (Å²) >= 11 is 0. The molecule has 8 heteroatoms. The zero-order valence-corrected chi connectivity index (χ0v) is 20.2. The van der Waals surface area contributed by atoms with Gasteiger partial charge in [0.05, 0.1) is 30.8 Å². The smallest absolute Gasteiger partial charge is 0.259 e. The average Bonchev–Trinajstić information content (AvgIpc) is 2.78. The number of nitrogens with zero attached hydrogens (tertiary/aromatic N) is 1. The Morgan fingerprint density at radius 3 is 2.16 bits per heavy atom. The molecule has 32 heavy (non-hydrogen) atoms. The minimum absolute atomic E-state index is 0.0616. The van der Waals surface area contributed by atoms with Crippen LogP contribution in [-0.4, -0.2) is 52.0 Å². The van der Waals surface area contributed by atoms with Gasteiger partial charge in [0.25, 0.3) is 5.91 Å². The van der Waals surface area contributed by atoms with Gasteiger partial charge < -0.3 is 14.8 Å². The van der Waals surface area contributed by atoms with Crippen molar-refractivity contribution in [1.82, 2.24) is 4.31 Å². The summed E-state index contributed by atoms with van der Waals surface area (Å²) in [4.78, 5) is 13.4. The molecule has 3 rings (SSSR count). The highest BCUT2D eigenvalue weighted by molar-refractivity contribution is 7.89. The van der Waals surface area contributed by atoms with Crippen LogP contribution in [0.3, 0.4) is 0 Å². The van der Waals surface area contributed by atoms with E-state index in [1.165, 1.54) is 29.6 Å². The van der Waals surface area contributed by atoms with Crippen molar-refractivity contribution in [3.05, 3.63) is 53.1 Å². The molecule has 1 saturated heterocycles. The van der Waals surface area contributed by atoms with Crippen LogP contribution in [-0.2, 0) is 14.8 Å². The summed E-state index contributed by atoms with van der Waals surface area (Å²) in [5, 5.41) is 3.04. The van der Waals surface area contributed by atoms with E-state index in [0.29, 0.717) is 19.0 Å². The third kappa shape index (κ3) is 4.98. The average molecular weight is 461 g/mol. The maximum absolute atomic E-state index is 13.4. The normalized spacial score (nSPS) is 15.2. The third-order valence-corrected chi connectivity index (χ3v) is 7.53. The van der Waals surface area contributed by atoms with Gasteiger partial charge in [0.2, 0.25) is 10.0 Å². The first-order valence-electron chi connectivity index (χ1n) is 10.9. The number of amides is 1. The van der Waals surface area contributed by atoms with E-state index in [1.54, 1.807) is 0 Å². The van der Waals surface area contributed by atoms with Crippen LogP contribution in [0.25, 0.3) is 0 Å². The minimum Gasteiger partial charge on any atom is -0.496 e. The van der Waals surface area contributed by atoms with Gasteiger partial charge in [-0.25, -0.2) is 8.42 Å². The van der Waals surface area contributed by atoms with Gasteiger partial charge in [0, 0.05) is 18.8 Å². The Bertz CT molecular complexity index is 1050. The number of hydrogen-bond donors (Lipinski definition) is 1. The zero-order chi connectivity index (χ0) is 23.5. The number of sulfonamides is 1. The van der Waals surface area contributed by atoms with Crippen molar-refractivity contribution < 1.29 is 22.7 Å². The van der Waals surface area contributed by atoms with Crippen molar-refractivity contribution in [1.29, 1.82) is 0 Å². The largest absolute Gasteiger partial charge is 0.496 e. The van der Waals surface area contributed by atoms with Crippen molar-refractivity contribution in [2.75, 3.05) is 38.7 Å². The molecule has 1 N–H and O–H groups in total. The highest BCUT2D eigenvalue weighted by Gasteiger charge is 2.28. The molecule has 174 valence electrons. The quantitative estimate of drug-likeness (QED) is 0.669. The first-order valence-corrected chi connectivity index (χ1v) is 12.3. The SMILES string of the molecule is COc1ccc(S(=O)(=O)N2CCOCC2)cc1C(=O)Nc1c(C(C)C)cccc1C(C)C. The van der Waals surface area contributed by atoms with Gasteiger partial charge >= 0.3 is 0 Å². The van der Waals surface area contributed by atoms with Gasteiger partial charge in [-0.1, -0.05) is 45.9 Å². The number of carbonyl (C=O) groups is 1. The van der Waals surface area contributed by atoms with Gasteiger partial charge in [-0.3, -0.25) is 4.79 Å². The Labute approximate surface area is 190 Å². The maximum Gasteiger partial charge on any atom is 0.259 e. The second-order valence-corrected chi connectivity index (χ2v) is 10.4. The van der Waals surface area contributed by atoms with E-state index in [-0.39, 0.29) is 35.4 Å². The van der Waals surface area contributed by atoms with E-state index in [9.17, 15) is 13.2 Å². The molecule has 0 saturated carbocycles. The van der Waals surface area contributed by atoms with Gasteiger partial charge in [0.1, 0.15) is 5.75 Å². The maximum atomic E-state index is 13.4. The fraction of sp³-hybridized carbons (Fsp3) is 0.458.